The Balaban J connectivity index is 1.53. The molecule has 0 saturated heterocycles. The van der Waals surface area contributed by atoms with E-state index in [1.54, 1.807) is 38.3 Å². The van der Waals surface area contributed by atoms with Gasteiger partial charge in [0.05, 0.1) is 18.6 Å². The lowest BCUT2D eigenvalue weighted by Crippen LogP contribution is -2.21. The van der Waals surface area contributed by atoms with Crippen LogP contribution in [-0.4, -0.2) is 44.4 Å². The monoisotopic (exact) mass is 487 g/mol. The van der Waals surface area contributed by atoms with Crippen molar-refractivity contribution in [1.82, 2.24) is 20.2 Å². The molecule has 0 unspecified atom stereocenters. The van der Waals surface area contributed by atoms with Gasteiger partial charge in [0.2, 0.25) is 0 Å². The molecule has 0 atom stereocenters. The minimum Gasteiger partial charge on any atom is -0.508 e. The fraction of sp³-hybridized carbons (Fsp3) is 0.154. The summed E-state index contributed by atoms with van der Waals surface area (Å²) >= 11 is 1.28. The maximum atomic E-state index is 12.5. The summed E-state index contributed by atoms with van der Waals surface area (Å²) in [5.41, 5.74) is 6.93. The molecule has 35 heavy (non-hydrogen) atoms. The number of aryl methyl sites for hydroxylation is 1. The van der Waals surface area contributed by atoms with Gasteiger partial charge in [-0.15, -0.1) is 10.2 Å². The number of amides is 1. The first-order valence-corrected chi connectivity index (χ1v) is 11.9. The number of ether oxygens (including phenoxy) is 1. The second kappa shape index (κ2) is 10.9. The highest BCUT2D eigenvalue weighted by molar-refractivity contribution is 7.99. The molecule has 1 aromatic heterocycles. The number of hydrogen-bond acceptors (Lipinski definition) is 7. The van der Waals surface area contributed by atoms with Crippen molar-refractivity contribution >= 4 is 23.4 Å². The molecule has 9 heteroatoms. The lowest BCUT2D eigenvalue weighted by molar-refractivity contribution is -0.118. The molecule has 1 heterocycles. The van der Waals surface area contributed by atoms with Crippen LogP contribution in [0.1, 0.15) is 18.1 Å². The van der Waals surface area contributed by atoms with Gasteiger partial charge in [0, 0.05) is 11.3 Å². The predicted molar refractivity (Wildman–Crippen MR) is 137 cm³/mol. The molecule has 0 fully saturated rings. The summed E-state index contributed by atoms with van der Waals surface area (Å²) in [4.78, 5) is 12.5. The van der Waals surface area contributed by atoms with Crippen LogP contribution in [0.4, 0.5) is 0 Å². The van der Waals surface area contributed by atoms with E-state index in [9.17, 15) is 9.90 Å². The molecule has 2 N–H and O–H groups in total. The summed E-state index contributed by atoms with van der Waals surface area (Å²) in [5.74, 6) is 1.44. The van der Waals surface area contributed by atoms with E-state index in [0.29, 0.717) is 16.7 Å². The number of phenolic OH excluding ortho intramolecular Hbond substituents is 1. The van der Waals surface area contributed by atoms with Crippen LogP contribution >= 0.6 is 11.8 Å². The number of hydrazone groups is 1. The average Bonchev–Trinajstić information content (AvgIpc) is 3.31. The second-order valence-corrected chi connectivity index (χ2v) is 8.72. The third-order valence-corrected chi connectivity index (χ3v) is 6.17. The number of carbonyl (C=O) groups is 1. The molecule has 3 aromatic carbocycles. The topological polar surface area (TPSA) is 102 Å². The number of nitrogens with zero attached hydrogens (tertiary/aromatic N) is 4. The number of thioether (sulfide) groups is 1. The highest BCUT2D eigenvalue weighted by atomic mass is 32.2. The molecule has 1 amide bonds. The second-order valence-electron chi connectivity index (χ2n) is 7.77. The van der Waals surface area contributed by atoms with Crippen molar-refractivity contribution in [3.05, 3.63) is 83.9 Å². The molecule has 4 aromatic rings. The summed E-state index contributed by atoms with van der Waals surface area (Å²) in [6, 6.07) is 22.3. The Labute approximate surface area is 207 Å². The first kappa shape index (κ1) is 24.0. The van der Waals surface area contributed by atoms with Crippen LogP contribution < -0.4 is 10.2 Å². The van der Waals surface area contributed by atoms with Crippen molar-refractivity contribution < 1.29 is 14.6 Å². The van der Waals surface area contributed by atoms with Gasteiger partial charge >= 0.3 is 0 Å². The number of aromatic nitrogens is 3. The third kappa shape index (κ3) is 5.88. The number of nitrogens with one attached hydrogen (secondary N) is 1. The molecule has 4 rings (SSSR count). The van der Waals surface area contributed by atoms with Gasteiger partial charge in [-0.2, -0.15) is 5.10 Å². The molecular formula is C26H25N5O3S. The van der Waals surface area contributed by atoms with Crippen LogP contribution in [0, 0.1) is 6.92 Å². The zero-order valence-corrected chi connectivity index (χ0v) is 20.4. The number of hydrogen-bond donors (Lipinski definition) is 2. The lowest BCUT2D eigenvalue weighted by Gasteiger charge is -2.11. The smallest absolute Gasteiger partial charge is 0.250 e. The van der Waals surface area contributed by atoms with Gasteiger partial charge in [-0.25, -0.2) is 5.43 Å². The molecular weight excluding hydrogens is 462 g/mol. The minimum atomic E-state index is -0.266. The van der Waals surface area contributed by atoms with Crippen LogP contribution in [0.15, 0.2) is 83.1 Å². The summed E-state index contributed by atoms with van der Waals surface area (Å²) in [7, 11) is 1.62. The quantitative estimate of drug-likeness (QED) is 0.214. The fourth-order valence-electron chi connectivity index (χ4n) is 3.29. The fourth-order valence-corrected chi connectivity index (χ4v) is 4.04. The van der Waals surface area contributed by atoms with Crippen molar-refractivity contribution in [2.24, 2.45) is 5.10 Å². The zero-order valence-electron chi connectivity index (χ0n) is 19.6. The standard InChI is InChI=1S/C26H25N5O3S/c1-17-4-10-21(11-5-17)31-25(20-8-14-23(34-3)15-9-20)29-30-26(31)35-16-24(33)28-27-18(2)19-6-12-22(32)13-7-19/h4-15,32H,16H2,1-3H3,(H,28,33)/b27-18+. The molecule has 0 spiro atoms. The SMILES string of the molecule is COc1ccc(-c2nnc(SCC(=O)N/N=C(\C)c3ccc(O)cc3)n2-c2ccc(C)cc2)cc1. The summed E-state index contributed by atoms with van der Waals surface area (Å²) in [5, 5.41) is 22.9. The summed E-state index contributed by atoms with van der Waals surface area (Å²) < 4.78 is 7.20. The number of benzene rings is 3. The van der Waals surface area contributed by atoms with Gasteiger partial charge < -0.3 is 9.84 Å². The first-order chi connectivity index (χ1) is 16.9. The van der Waals surface area contributed by atoms with Gasteiger partial charge in [0.25, 0.3) is 5.91 Å². The lowest BCUT2D eigenvalue weighted by atomic mass is 10.1. The highest BCUT2D eigenvalue weighted by Crippen LogP contribution is 2.29. The van der Waals surface area contributed by atoms with Crippen LogP contribution in [-0.2, 0) is 4.79 Å². The summed E-state index contributed by atoms with van der Waals surface area (Å²) in [6.07, 6.45) is 0. The van der Waals surface area contributed by atoms with Crippen molar-refractivity contribution in [1.29, 1.82) is 0 Å². The Hall–Kier alpha value is -4.11. The predicted octanol–water partition coefficient (Wildman–Crippen LogP) is 4.59. The largest absolute Gasteiger partial charge is 0.508 e. The third-order valence-electron chi connectivity index (χ3n) is 5.24. The van der Waals surface area contributed by atoms with E-state index in [2.05, 4.69) is 20.7 Å². The number of carbonyl (C=O) groups excluding carboxylic acids is 1. The molecule has 0 aliphatic rings. The van der Waals surface area contributed by atoms with E-state index >= 15 is 0 Å². The average molecular weight is 488 g/mol. The number of phenols is 1. The molecule has 8 nitrogen and oxygen atoms in total. The van der Waals surface area contributed by atoms with E-state index in [4.69, 9.17) is 4.74 Å². The van der Waals surface area contributed by atoms with Crippen molar-refractivity contribution in [2.75, 3.05) is 12.9 Å². The van der Waals surface area contributed by atoms with Gasteiger partial charge in [-0.1, -0.05) is 29.5 Å². The minimum absolute atomic E-state index is 0.110. The van der Waals surface area contributed by atoms with E-state index in [-0.39, 0.29) is 17.4 Å². The molecule has 0 bridgehead atoms. The zero-order chi connectivity index (χ0) is 24.8. The van der Waals surface area contributed by atoms with Crippen LogP contribution in [0.3, 0.4) is 0 Å². The maximum absolute atomic E-state index is 12.5. The molecule has 178 valence electrons. The van der Waals surface area contributed by atoms with Gasteiger partial charge in [0.15, 0.2) is 11.0 Å². The van der Waals surface area contributed by atoms with E-state index in [1.807, 2.05) is 60.0 Å². The first-order valence-electron chi connectivity index (χ1n) is 10.9. The van der Waals surface area contributed by atoms with Gasteiger partial charge in [0.1, 0.15) is 11.5 Å². The molecule has 0 aliphatic heterocycles. The molecule has 0 aliphatic carbocycles. The Kier molecular flexibility index (Phi) is 7.47. The summed E-state index contributed by atoms with van der Waals surface area (Å²) in [6.45, 7) is 3.82. The number of rotatable bonds is 8. The van der Waals surface area contributed by atoms with Crippen molar-refractivity contribution in [3.63, 3.8) is 0 Å². The number of aromatic hydroxyl groups is 1. The van der Waals surface area contributed by atoms with Crippen LogP contribution in [0.25, 0.3) is 17.1 Å². The maximum Gasteiger partial charge on any atom is 0.250 e. The van der Waals surface area contributed by atoms with E-state index in [1.165, 1.54) is 11.8 Å². The molecule has 0 saturated carbocycles. The Morgan fingerprint density at radius 2 is 1.71 bits per heavy atom. The Morgan fingerprint density at radius 3 is 2.37 bits per heavy atom. The van der Waals surface area contributed by atoms with Crippen LogP contribution in [0.5, 0.6) is 11.5 Å². The highest BCUT2D eigenvalue weighted by Gasteiger charge is 2.17. The Morgan fingerprint density at radius 1 is 1.03 bits per heavy atom. The normalized spacial score (nSPS) is 11.3. The number of methoxy groups -OCH3 is 1. The van der Waals surface area contributed by atoms with Crippen molar-refractivity contribution in [2.45, 2.75) is 19.0 Å². The van der Waals surface area contributed by atoms with E-state index < -0.39 is 0 Å². The Bertz CT molecular complexity index is 1330. The van der Waals surface area contributed by atoms with Crippen LogP contribution in [0.2, 0.25) is 0 Å². The van der Waals surface area contributed by atoms with Gasteiger partial charge in [-0.05, 0) is 80.1 Å². The van der Waals surface area contributed by atoms with Gasteiger partial charge in [-0.3, -0.25) is 9.36 Å². The molecule has 0 radical (unpaired) electrons. The van der Waals surface area contributed by atoms with E-state index in [0.717, 1.165) is 28.1 Å². The van der Waals surface area contributed by atoms with Crippen molar-refractivity contribution in [3.8, 4) is 28.6 Å².